The van der Waals surface area contributed by atoms with E-state index in [2.05, 4.69) is 15.9 Å². The molecule has 0 saturated carbocycles. The van der Waals surface area contributed by atoms with Crippen molar-refractivity contribution in [1.29, 1.82) is 0 Å². The molecule has 0 aliphatic carbocycles. The lowest BCUT2D eigenvalue weighted by Crippen LogP contribution is -2.37. The molecule has 1 aromatic rings. The van der Waals surface area contributed by atoms with Gasteiger partial charge in [0.15, 0.2) is 0 Å². The molecular weight excluding hydrogens is 332 g/mol. The highest BCUT2D eigenvalue weighted by Crippen LogP contribution is 2.26. The first-order valence-corrected chi connectivity index (χ1v) is 7.37. The highest BCUT2D eigenvalue weighted by molar-refractivity contribution is 9.10. The lowest BCUT2D eigenvalue weighted by Gasteiger charge is -2.23. The number of hydrogen-bond donors (Lipinski definition) is 0. The Morgan fingerprint density at radius 1 is 1.50 bits per heavy atom. The molecule has 6 heteroatoms. The Kier molecular flexibility index (Phi) is 5.10. The number of carbonyl (C=O) groups is 1. The molecule has 20 heavy (non-hydrogen) atoms. The van der Waals surface area contributed by atoms with Crippen LogP contribution in [0.4, 0.5) is 8.78 Å². The van der Waals surface area contributed by atoms with E-state index in [1.54, 1.807) is 11.8 Å². The van der Waals surface area contributed by atoms with Crippen LogP contribution in [0.1, 0.15) is 25.3 Å². The summed E-state index contributed by atoms with van der Waals surface area (Å²) in [6, 6.07) is 2.14. The van der Waals surface area contributed by atoms with Gasteiger partial charge in [-0.25, -0.2) is 8.78 Å². The smallest absolute Gasteiger partial charge is 0.323 e. The number of benzene rings is 1. The van der Waals surface area contributed by atoms with Gasteiger partial charge in [0.05, 0.1) is 11.1 Å². The van der Waals surface area contributed by atoms with Gasteiger partial charge in [0.2, 0.25) is 0 Å². The normalized spacial score (nSPS) is 19.3. The van der Waals surface area contributed by atoms with E-state index < -0.39 is 17.7 Å². The molecular formula is C14H16BrF2NO2. The topological polar surface area (TPSA) is 29.5 Å². The number of likely N-dealkylation sites (tertiary alicyclic amines) is 1. The zero-order chi connectivity index (χ0) is 14.7. The van der Waals surface area contributed by atoms with Crippen LogP contribution in [-0.4, -0.2) is 30.1 Å². The predicted octanol–water partition coefficient (Wildman–Crippen LogP) is 3.25. The van der Waals surface area contributed by atoms with Crippen molar-refractivity contribution >= 4 is 21.9 Å². The maximum absolute atomic E-state index is 14.0. The molecule has 1 atom stereocenters. The maximum Gasteiger partial charge on any atom is 0.323 e. The van der Waals surface area contributed by atoms with Gasteiger partial charge < -0.3 is 4.74 Å². The van der Waals surface area contributed by atoms with E-state index in [-0.39, 0.29) is 22.6 Å². The summed E-state index contributed by atoms with van der Waals surface area (Å²) in [5.74, 6) is -1.53. The molecule has 3 nitrogen and oxygen atoms in total. The second kappa shape index (κ2) is 6.63. The van der Waals surface area contributed by atoms with Crippen LogP contribution >= 0.6 is 15.9 Å². The van der Waals surface area contributed by atoms with E-state index in [9.17, 15) is 13.6 Å². The van der Waals surface area contributed by atoms with Crippen LogP contribution in [0, 0.1) is 11.6 Å². The molecule has 0 radical (unpaired) electrons. The van der Waals surface area contributed by atoms with Crippen molar-refractivity contribution in [3.05, 3.63) is 33.8 Å². The van der Waals surface area contributed by atoms with Crippen molar-refractivity contribution in [2.24, 2.45) is 0 Å². The predicted molar refractivity (Wildman–Crippen MR) is 74.1 cm³/mol. The number of ether oxygens (including phenoxy) is 1. The van der Waals surface area contributed by atoms with Crippen molar-refractivity contribution < 1.29 is 18.3 Å². The summed E-state index contributed by atoms with van der Waals surface area (Å²) in [5, 5.41) is 0. The Bertz CT molecular complexity index is 510. The minimum Gasteiger partial charge on any atom is -0.465 e. The lowest BCUT2D eigenvalue weighted by molar-refractivity contribution is -0.148. The molecule has 2 rings (SSSR count). The minimum atomic E-state index is -0.612. The molecule has 0 bridgehead atoms. The van der Waals surface area contributed by atoms with E-state index in [0.717, 1.165) is 6.42 Å². The number of esters is 1. The standard InChI is InChI=1S/C14H16BrF2NO2/c1-2-20-14(19)12-4-3-7-18(12)8-9-11(16)6-5-10(15)13(9)17/h5-6,12H,2-4,7-8H2,1H3. The third kappa shape index (κ3) is 3.17. The van der Waals surface area contributed by atoms with E-state index in [4.69, 9.17) is 4.74 Å². The molecule has 1 aliphatic heterocycles. The summed E-state index contributed by atoms with van der Waals surface area (Å²) >= 11 is 3.05. The van der Waals surface area contributed by atoms with E-state index >= 15 is 0 Å². The second-order valence-corrected chi connectivity index (χ2v) is 5.56. The van der Waals surface area contributed by atoms with Crippen molar-refractivity contribution in [2.45, 2.75) is 32.4 Å². The van der Waals surface area contributed by atoms with Crippen LogP contribution in [0.15, 0.2) is 16.6 Å². The molecule has 110 valence electrons. The fraction of sp³-hybridized carbons (Fsp3) is 0.500. The third-order valence-corrected chi connectivity index (χ3v) is 4.03. The summed E-state index contributed by atoms with van der Waals surface area (Å²) in [4.78, 5) is 13.6. The monoisotopic (exact) mass is 347 g/mol. The molecule has 1 heterocycles. The number of halogens is 3. The Hall–Kier alpha value is -1.01. The largest absolute Gasteiger partial charge is 0.465 e. The lowest BCUT2D eigenvalue weighted by atomic mass is 10.1. The average Bonchev–Trinajstić information content (AvgIpc) is 2.88. The van der Waals surface area contributed by atoms with Crippen molar-refractivity contribution in [3.63, 3.8) is 0 Å². The fourth-order valence-electron chi connectivity index (χ4n) is 2.44. The Morgan fingerprint density at radius 2 is 2.25 bits per heavy atom. The van der Waals surface area contributed by atoms with Gasteiger partial charge in [-0.15, -0.1) is 0 Å². The Labute approximate surface area is 125 Å². The fourth-order valence-corrected chi connectivity index (χ4v) is 2.81. The molecule has 1 aromatic carbocycles. The van der Waals surface area contributed by atoms with Crippen molar-refractivity contribution in [3.8, 4) is 0 Å². The summed E-state index contributed by atoms with van der Waals surface area (Å²) in [6.07, 6.45) is 1.48. The molecule has 1 fully saturated rings. The summed E-state index contributed by atoms with van der Waals surface area (Å²) in [5.41, 5.74) is -0.0180. The summed E-state index contributed by atoms with van der Waals surface area (Å²) < 4.78 is 32.9. The van der Waals surface area contributed by atoms with Crippen LogP contribution in [0.25, 0.3) is 0 Å². The van der Waals surface area contributed by atoms with Gasteiger partial charge in [-0.05, 0) is 54.4 Å². The van der Waals surface area contributed by atoms with Gasteiger partial charge in [-0.2, -0.15) is 0 Å². The van der Waals surface area contributed by atoms with E-state index in [0.29, 0.717) is 19.6 Å². The Balaban J connectivity index is 2.17. The van der Waals surface area contributed by atoms with Crippen LogP contribution < -0.4 is 0 Å². The minimum absolute atomic E-state index is 0.0180. The zero-order valence-corrected chi connectivity index (χ0v) is 12.8. The van der Waals surface area contributed by atoms with Gasteiger partial charge in [0.25, 0.3) is 0 Å². The number of nitrogens with zero attached hydrogens (tertiary/aromatic N) is 1. The summed E-state index contributed by atoms with van der Waals surface area (Å²) in [7, 11) is 0. The zero-order valence-electron chi connectivity index (χ0n) is 11.2. The first-order chi connectivity index (χ1) is 9.54. The Morgan fingerprint density at radius 3 is 2.95 bits per heavy atom. The van der Waals surface area contributed by atoms with E-state index in [1.807, 2.05) is 0 Å². The van der Waals surface area contributed by atoms with Gasteiger partial charge in [-0.1, -0.05) is 0 Å². The first kappa shape index (κ1) is 15.4. The number of carbonyl (C=O) groups excluding carboxylic acids is 1. The van der Waals surface area contributed by atoms with Crippen molar-refractivity contribution in [2.75, 3.05) is 13.2 Å². The van der Waals surface area contributed by atoms with Gasteiger partial charge in [0, 0.05) is 12.1 Å². The first-order valence-electron chi connectivity index (χ1n) is 6.57. The molecule has 1 aliphatic rings. The van der Waals surface area contributed by atoms with Crippen LogP contribution in [0.5, 0.6) is 0 Å². The van der Waals surface area contributed by atoms with Gasteiger partial charge >= 0.3 is 5.97 Å². The molecule has 1 unspecified atom stereocenters. The average molecular weight is 348 g/mol. The van der Waals surface area contributed by atoms with Gasteiger partial charge in [0.1, 0.15) is 17.7 Å². The number of hydrogen-bond acceptors (Lipinski definition) is 3. The molecule has 0 spiro atoms. The quantitative estimate of drug-likeness (QED) is 0.618. The molecule has 0 aromatic heterocycles. The van der Waals surface area contributed by atoms with Crippen molar-refractivity contribution in [1.82, 2.24) is 4.90 Å². The van der Waals surface area contributed by atoms with Crippen LogP contribution in [0.3, 0.4) is 0 Å². The van der Waals surface area contributed by atoms with Crippen LogP contribution in [0.2, 0.25) is 0 Å². The van der Waals surface area contributed by atoms with Gasteiger partial charge in [-0.3, -0.25) is 9.69 Å². The SMILES string of the molecule is CCOC(=O)C1CCCN1Cc1c(F)ccc(Br)c1F. The second-order valence-electron chi connectivity index (χ2n) is 4.70. The molecule has 1 saturated heterocycles. The molecule has 0 N–H and O–H groups in total. The number of rotatable bonds is 4. The highest BCUT2D eigenvalue weighted by Gasteiger charge is 2.32. The maximum atomic E-state index is 14.0. The third-order valence-electron chi connectivity index (χ3n) is 3.42. The highest BCUT2D eigenvalue weighted by atomic mass is 79.9. The summed E-state index contributed by atoms with van der Waals surface area (Å²) in [6.45, 7) is 2.75. The van der Waals surface area contributed by atoms with Crippen LogP contribution in [-0.2, 0) is 16.1 Å². The molecule has 0 amide bonds. The van der Waals surface area contributed by atoms with E-state index in [1.165, 1.54) is 12.1 Å².